The minimum atomic E-state index is -4.33. The summed E-state index contributed by atoms with van der Waals surface area (Å²) in [6.45, 7) is 20.1. The van der Waals surface area contributed by atoms with Crippen molar-refractivity contribution in [2.45, 2.75) is 224 Å². The van der Waals surface area contributed by atoms with Crippen LogP contribution in [0.3, 0.4) is 0 Å². The molecular weight excluding hydrogens is 1950 g/mol. The fraction of sp³-hybridized carbons (Fsp3) is 0.290. The largest absolute Gasteiger partial charge is 0.493 e. The van der Waals surface area contributed by atoms with Gasteiger partial charge in [0, 0.05) is 49.0 Å². The minimum Gasteiger partial charge on any atom is -0.493 e. The monoisotopic (exact) mass is 2080 g/mol. The van der Waals surface area contributed by atoms with E-state index in [-0.39, 0.29) is 75.0 Å². The molecule has 8 saturated carbocycles. The summed E-state index contributed by atoms with van der Waals surface area (Å²) in [6, 6.07) is 132. The van der Waals surface area contributed by atoms with Gasteiger partial charge in [-0.25, -0.2) is 14.4 Å². The SMILES string of the molecule is Cc1cc([S+](c2ccccc2)c2ccccc2)cc(C)c1OC(=O)COC1(C)C2CC3CC(C2)CC1C3.Cc1cc([S+](c2ccccc2)c2ccccc2)cc(C)c1OCC(=O)OCC(=O)OC1(C)C2CC3CC(C2)CC1C3.Cc1cc([S+](c2ccccc2)c2ccccc2)cc(C)c1OCCCN(C)C.Cc1cccc([S+](c2ccccc2)c2ccccc2)c1.FC(F)(F)c1cccc([S+](c2ccccc2)c2ccccc2)c1. The summed E-state index contributed by atoms with van der Waals surface area (Å²) < 4.78 is 74.9. The Balaban J connectivity index is 0.000000130. The first kappa shape index (κ1) is 108. The molecule has 0 unspecified atom stereocenters. The van der Waals surface area contributed by atoms with Crippen LogP contribution in [0.1, 0.15) is 129 Å². The molecule has 23 rings (SSSR count). The molecule has 0 saturated heterocycles. The number of alkyl halides is 3. The second kappa shape index (κ2) is 50.6. The molecule has 766 valence electrons. The normalized spacial score (nSPS) is 19.5. The number of rotatable bonds is 30. The quantitative estimate of drug-likeness (QED) is 0.0187. The second-order valence-electron chi connectivity index (χ2n) is 40.8. The van der Waals surface area contributed by atoms with Gasteiger partial charge in [-0.05, 0) is 379 Å². The molecule has 0 heterocycles. The van der Waals surface area contributed by atoms with Crippen molar-refractivity contribution in [1.82, 2.24) is 4.90 Å². The minimum absolute atomic E-state index is 0.0249. The van der Waals surface area contributed by atoms with E-state index < -0.39 is 40.2 Å². The van der Waals surface area contributed by atoms with Crippen molar-refractivity contribution in [2.75, 3.05) is 47.1 Å². The van der Waals surface area contributed by atoms with E-state index in [0.29, 0.717) is 40.1 Å². The van der Waals surface area contributed by atoms with E-state index in [1.807, 2.05) is 100 Å². The first-order chi connectivity index (χ1) is 72.2. The van der Waals surface area contributed by atoms with Gasteiger partial charge in [0.1, 0.15) is 29.5 Å². The summed E-state index contributed by atoms with van der Waals surface area (Å²) in [5.74, 6) is 6.43. The maximum atomic E-state index is 13.0. The van der Waals surface area contributed by atoms with Gasteiger partial charge in [-0.1, -0.05) is 200 Å². The fourth-order valence-electron chi connectivity index (χ4n) is 23.0. The number of ether oxygens (including phenoxy) is 6. The smallest absolute Gasteiger partial charge is 0.416 e. The molecule has 0 spiro atoms. The molecule has 149 heavy (non-hydrogen) atoms. The molecule has 10 nitrogen and oxygen atoms in total. The summed E-state index contributed by atoms with van der Waals surface area (Å²) >= 11 is 0. The van der Waals surface area contributed by atoms with Crippen LogP contribution < -0.4 is 14.2 Å². The van der Waals surface area contributed by atoms with Crippen LogP contribution in [0.4, 0.5) is 13.2 Å². The molecule has 8 aliphatic carbocycles. The van der Waals surface area contributed by atoms with Gasteiger partial charge in [-0.2, -0.15) is 13.2 Å². The molecule has 0 aliphatic heterocycles. The van der Waals surface area contributed by atoms with Gasteiger partial charge in [0.05, 0.1) is 72.2 Å². The number of esters is 3. The lowest BCUT2D eigenvalue weighted by Crippen LogP contribution is -2.58. The Hall–Kier alpha value is -12.2. The number of hydrogen-bond donors (Lipinski definition) is 0. The summed E-state index contributed by atoms with van der Waals surface area (Å²) in [5.41, 5.74) is 6.38. The Kier molecular flexibility index (Phi) is 36.7. The van der Waals surface area contributed by atoms with Crippen LogP contribution >= 0.6 is 0 Å². The molecule has 15 aromatic rings. The summed E-state index contributed by atoms with van der Waals surface area (Å²) in [4.78, 5) is 58.7. The Morgan fingerprint density at radius 1 is 0.295 bits per heavy atom. The van der Waals surface area contributed by atoms with E-state index in [4.69, 9.17) is 28.4 Å². The van der Waals surface area contributed by atoms with Crippen molar-refractivity contribution in [2.24, 2.45) is 47.3 Å². The van der Waals surface area contributed by atoms with E-state index in [9.17, 15) is 27.6 Å². The number of halogens is 3. The van der Waals surface area contributed by atoms with Crippen LogP contribution in [0.5, 0.6) is 17.2 Å². The lowest BCUT2D eigenvalue weighted by molar-refractivity contribution is -0.207. The highest BCUT2D eigenvalue weighted by molar-refractivity contribution is 7.98. The number of aryl methyl sites for hydroxylation is 7. The van der Waals surface area contributed by atoms with Gasteiger partial charge >= 0.3 is 24.1 Å². The zero-order valence-electron chi connectivity index (χ0n) is 87.2. The maximum Gasteiger partial charge on any atom is 0.416 e. The van der Waals surface area contributed by atoms with E-state index in [1.165, 1.54) is 126 Å². The van der Waals surface area contributed by atoms with Gasteiger partial charge in [0.25, 0.3) is 0 Å². The second-order valence-corrected chi connectivity index (χ2v) is 51.0. The lowest BCUT2D eigenvalue weighted by atomic mass is 9.50. The summed E-state index contributed by atoms with van der Waals surface area (Å²) in [6.07, 6.45) is 9.13. The molecule has 8 fully saturated rings. The molecule has 8 aliphatic rings. The van der Waals surface area contributed by atoms with Crippen molar-refractivity contribution in [3.05, 3.63) is 433 Å². The third-order valence-electron chi connectivity index (χ3n) is 29.7. The van der Waals surface area contributed by atoms with Gasteiger partial charge in [-0.3, -0.25) is 0 Å². The molecule has 0 radical (unpaired) electrons. The average molecular weight is 2090 g/mol. The predicted molar refractivity (Wildman–Crippen MR) is 599 cm³/mol. The average Bonchev–Trinajstić information content (AvgIpc) is 0.726. The number of nitrogens with zero attached hydrogens (tertiary/aromatic N) is 1. The predicted octanol–water partition coefficient (Wildman–Crippen LogP) is 31.2. The van der Waals surface area contributed by atoms with E-state index in [1.54, 1.807) is 6.07 Å². The number of benzene rings is 15. The van der Waals surface area contributed by atoms with Crippen LogP contribution in [-0.2, 0) is 89.2 Å². The van der Waals surface area contributed by atoms with Gasteiger partial charge in [0.2, 0.25) is 0 Å². The number of hydrogen-bond acceptors (Lipinski definition) is 10. The highest BCUT2D eigenvalue weighted by atomic mass is 32.2. The standard InChI is InChI=1S/C35H39O5S.C33H37O3S.C25H30NOS.C19H14F3S.C19H17S/c1-23-14-31(41(29-10-6-4-7-11-29)30-12-8-5-9-13-30)15-24(2)34(23)39-21-32(36)38-22-33(37)40-35(3)27-17-25-16-26(19-27)20-28(35)18-25;1-22-14-30(37(28-10-6-4-7-11-28)29-12-8-5-9-13-29)15-23(2)32(22)36-31(34)21-35-33(3)26-17-24-16-25(19-26)20-27(33)18-24;1-20-18-24(19-21(2)25(20)27-17-11-16-26(3)4)28(22-12-7-5-8-13-22)23-14-9-6-10-15-23;20-19(21,22)15-8-7-13-18(14-15)23(16-9-3-1-4-10-16)17-11-5-2-6-12-17;1-16-9-8-14-19(15-16)20(17-10-4-2-5-11-17)18-12-6-3-7-13-18/h4-15,25-28H,16-22H2,1-3H3;4-15,24-27H,16-21H2,1-3H3;5-10,12-15,18-19H,11,16-17H2,1-4H3;1-14H;2-15H,1H3/q5*+1. The van der Waals surface area contributed by atoms with Crippen molar-refractivity contribution in [3.63, 3.8) is 0 Å². The molecule has 8 bridgehead atoms. The zero-order chi connectivity index (χ0) is 104. The first-order valence-electron chi connectivity index (χ1n) is 52.1. The fourth-order valence-corrected chi connectivity index (χ4v) is 34.1. The lowest BCUT2D eigenvalue weighted by Gasteiger charge is -2.59. The molecule has 15 aromatic carbocycles. The van der Waals surface area contributed by atoms with Crippen molar-refractivity contribution in [3.8, 4) is 17.2 Å². The molecule has 18 heteroatoms. The third kappa shape index (κ3) is 27.4. The van der Waals surface area contributed by atoms with Crippen molar-refractivity contribution >= 4 is 72.4 Å². The van der Waals surface area contributed by atoms with Gasteiger partial charge < -0.3 is 33.3 Å². The van der Waals surface area contributed by atoms with Crippen LogP contribution in [0.25, 0.3) is 0 Å². The zero-order valence-corrected chi connectivity index (χ0v) is 91.3. The maximum absolute atomic E-state index is 13.0. The van der Waals surface area contributed by atoms with Crippen LogP contribution in [0, 0.1) is 95.8 Å². The van der Waals surface area contributed by atoms with E-state index in [2.05, 4.69) is 345 Å². The molecule has 0 aromatic heterocycles. The third-order valence-corrected chi connectivity index (χ3v) is 40.7. The summed E-state index contributed by atoms with van der Waals surface area (Å²) in [5, 5.41) is 0. The Morgan fingerprint density at radius 2 is 0.570 bits per heavy atom. The van der Waals surface area contributed by atoms with E-state index >= 15 is 0 Å². The molecule has 0 atom stereocenters. The van der Waals surface area contributed by atoms with Crippen LogP contribution in [0.2, 0.25) is 0 Å². The van der Waals surface area contributed by atoms with Crippen LogP contribution in [-0.4, -0.2) is 81.1 Å². The highest BCUT2D eigenvalue weighted by Crippen LogP contribution is 2.61. The Labute approximate surface area is 894 Å². The molecular formula is C131H137F3NO9S5+5. The molecule has 0 amide bonds. The Bertz CT molecular complexity index is 6580. The Morgan fingerprint density at radius 3 is 0.872 bits per heavy atom. The van der Waals surface area contributed by atoms with Gasteiger partial charge in [-0.15, -0.1) is 0 Å². The van der Waals surface area contributed by atoms with Gasteiger partial charge in [0.15, 0.2) is 86.6 Å². The van der Waals surface area contributed by atoms with Crippen molar-refractivity contribution < 1.29 is 56.0 Å². The molecule has 0 N–H and O–H groups in total. The topological polar surface area (TPSA) is 110 Å². The highest BCUT2D eigenvalue weighted by Gasteiger charge is 2.58. The van der Waals surface area contributed by atoms with E-state index in [0.717, 1.165) is 113 Å². The first-order valence-corrected chi connectivity index (χ1v) is 58.2. The summed E-state index contributed by atoms with van der Waals surface area (Å²) in [7, 11) is 2.98. The van der Waals surface area contributed by atoms with Crippen molar-refractivity contribution in [1.29, 1.82) is 0 Å². The number of carbonyl (C=O) groups excluding carboxylic acids is 3. The van der Waals surface area contributed by atoms with Crippen LogP contribution in [0.15, 0.2) is 462 Å². The number of carbonyl (C=O) groups is 3.